The highest BCUT2D eigenvalue weighted by atomic mass is 16.6. The standard InChI is InChI=1S/C13H23N3O4/c1-11(2,3)20-10(18)15-12-4-6-13(7-5-12,19-8-12)9(17)16-14/h4-8,14H2,1-3H3,(H,15,18)(H,16,17). The van der Waals surface area contributed by atoms with Crippen LogP contribution in [0.3, 0.4) is 0 Å². The van der Waals surface area contributed by atoms with Crippen molar-refractivity contribution in [3.63, 3.8) is 0 Å². The molecule has 3 rings (SSSR count). The summed E-state index contributed by atoms with van der Waals surface area (Å²) < 4.78 is 11.0. The zero-order chi connectivity index (χ0) is 15.0. The van der Waals surface area contributed by atoms with Crippen molar-refractivity contribution in [1.29, 1.82) is 0 Å². The molecule has 2 aliphatic heterocycles. The molecule has 3 fully saturated rings. The van der Waals surface area contributed by atoms with E-state index in [1.54, 1.807) is 0 Å². The fraction of sp³-hybridized carbons (Fsp3) is 0.846. The van der Waals surface area contributed by atoms with Crippen molar-refractivity contribution in [3.8, 4) is 0 Å². The molecule has 0 radical (unpaired) electrons. The summed E-state index contributed by atoms with van der Waals surface area (Å²) in [6.45, 7) is 5.76. The molecule has 20 heavy (non-hydrogen) atoms. The van der Waals surface area contributed by atoms with Crippen molar-refractivity contribution in [3.05, 3.63) is 0 Å². The van der Waals surface area contributed by atoms with E-state index in [9.17, 15) is 9.59 Å². The Labute approximate surface area is 118 Å². The van der Waals surface area contributed by atoms with Gasteiger partial charge in [-0.15, -0.1) is 0 Å². The molecule has 0 atom stereocenters. The zero-order valence-electron chi connectivity index (χ0n) is 12.2. The third kappa shape index (κ3) is 2.88. The molecular weight excluding hydrogens is 262 g/mol. The van der Waals surface area contributed by atoms with E-state index in [0.717, 1.165) is 0 Å². The zero-order valence-corrected chi connectivity index (χ0v) is 12.2. The SMILES string of the molecule is CC(C)(C)OC(=O)NC12CCC(C(=O)NN)(CC1)OC2. The molecule has 0 aromatic carbocycles. The van der Waals surface area contributed by atoms with Gasteiger partial charge in [0.2, 0.25) is 0 Å². The second-order valence-corrected chi connectivity index (χ2v) is 6.66. The van der Waals surface area contributed by atoms with Gasteiger partial charge in [0.05, 0.1) is 12.1 Å². The van der Waals surface area contributed by atoms with E-state index >= 15 is 0 Å². The lowest BCUT2D eigenvalue weighted by atomic mass is 9.71. The molecule has 2 bridgehead atoms. The smallest absolute Gasteiger partial charge is 0.408 e. The van der Waals surface area contributed by atoms with Crippen molar-refractivity contribution in [2.45, 2.75) is 63.2 Å². The third-order valence-electron chi connectivity index (χ3n) is 3.95. The van der Waals surface area contributed by atoms with Gasteiger partial charge < -0.3 is 14.8 Å². The Morgan fingerprint density at radius 2 is 1.80 bits per heavy atom. The number of rotatable bonds is 2. The highest BCUT2D eigenvalue weighted by Gasteiger charge is 2.54. The average Bonchev–Trinajstić information content (AvgIpc) is 2.37. The summed E-state index contributed by atoms with van der Waals surface area (Å²) in [4.78, 5) is 23.7. The maximum Gasteiger partial charge on any atom is 0.408 e. The number of amides is 2. The van der Waals surface area contributed by atoms with Gasteiger partial charge >= 0.3 is 6.09 Å². The van der Waals surface area contributed by atoms with E-state index in [1.807, 2.05) is 20.8 Å². The molecule has 4 N–H and O–H groups in total. The van der Waals surface area contributed by atoms with Crippen molar-refractivity contribution >= 4 is 12.0 Å². The molecule has 1 saturated carbocycles. The lowest BCUT2D eigenvalue weighted by Gasteiger charge is -2.51. The Morgan fingerprint density at radius 1 is 1.20 bits per heavy atom. The van der Waals surface area contributed by atoms with Gasteiger partial charge in [0, 0.05) is 0 Å². The molecule has 7 heteroatoms. The minimum absolute atomic E-state index is 0.289. The van der Waals surface area contributed by atoms with Gasteiger partial charge in [-0.2, -0.15) is 0 Å². The van der Waals surface area contributed by atoms with E-state index in [0.29, 0.717) is 32.3 Å². The molecule has 2 amide bonds. The van der Waals surface area contributed by atoms with E-state index in [2.05, 4.69) is 10.7 Å². The number of fused-ring (bicyclic) bond motifs is 3. The van der Waals surface area contributed by atoms with Gasteiger partial charge in [-0.3, -0.25) is 10.2 Å². The molecular formula is C13H23N3O4. The van der Waals surface area contributed by atoms with Crippen LogP contribution in [0.2, 0.25) is 0 Å². The molecule has 114 valence electrons. The van der Waals surface area contributed by atoms with Crippen LogP contribution in [-0.4, -0.2) is 35.3 Å². The Hall–Kier alpha value is -1.34. The van der Waals surface area contributed by atoms with Crippen LogP contribution in [0, 0.1) is 0 Å². The predicted octanol–water partition coefficient (Wildman–Crippen LogP) is 0.583. The van der Waals surface area contributed by atoms with Gasteiger partial charge in [-0.05, 0) is 46.5 Å². The Morgan fingerprint density at radius 3 is 2.20 bits per heavy atom. The van der Waals surface area contributed by atoms with Gasteiger partial charge in [-0.25, -0.2) is 10.6 Å². The Bertz CT molecular complexity index is 392. The molecule has 3 aliphatic rings. The van der Waals surface area contributed by atoms with Crippen LogP contribution in [0.25, 0.3) is 0 Å². The van der Waals surface area contributed by atoms with Crippen molar-refractivity contribution in [2.75, 3.05) is 6.61 Å². The number of ether oxygens (including phenoxy) is 2. The number of nitrogens with two attached hydrogens (primary N) is 1. The lowest BCUT2D eigenvalue weighted by molar-refractivity contribution is -0.180. The lowest BCUT2D eigenvalue weighted by Crippen LogP contribution is -2.67. The van der Waals surface area contributed by atoms with Crippen LogP contribution in [0.4, 0.5) is 4.79 Å². The van der Waals surface area contributed by atoms with E-state index < -0.39 is 22.8 Å². The maximum absolute atomic E-state index is 11.9. The molecule has 0 aromatic heterocycles. The quantitative estimate of drug-likeness (QED) is 0.391. The number of hydrazine groups is 1. The molecule has 2 heterocycles. The third-order valence-corrected chi connectivity index (χ3v) is 3.95. The number of hydrogen-bond acceptors (Lipinski definition) is 5. The summed E-state index contributed by atoms with van der Waals surface area (Å²) in [7, 11) is 0. The Balaban J connectivity index is 1.97. The maximum atomic E-state index is 11.9. The number of nitrogens with one attached hydrogen (secondary N) is 2. The number of carbonyl (C=O) groups excluding carboxylic acids is 2. The molecule has 0 aromatic rings. The van der Waals surface area contributed by atoms with Crippen LogP contribution in [0.1, 0.15) is 46.5 Å². The topological polar surface area (TPSA) is 103 Å². The van der Waals surface area contributed by atoms with Gasteiger partial charge in [0.1, 0.15) is 11.2 Å². The van der Waals surface area contributed by atoms with Crippen LogP contribution >= 0.6 is 0 Å². The van der Waals surface area contributed by atoms with Crippen molar-refractivity contribution in [1.82, 2.24) is 10.7 Å². The van der Waals surface area contributed by atoms with Crippen LogP contribution in [-0.2, 0) is 14.3 Å². The average molecular weight is 285 g/mol. The van der Waals surface area contributed by atoms with E-state index in [1.165, 1.54) is 0 Å². The van der Waals surface area contributed by atoms with Gasteiger partial charge in [-0.1, -0.05) is 0 Å². The first-order valence-electron chi connectivity index (χ1n) is 6.87. The molecule has 0 unspecified atom stereocenters. The summed E-state index contributed by atoms with van der Waals surface area (Å²) in [5.41, 5.74) is 0.367. The van der Waals surface area contributed by atoms with Gasteiger partial charge in [0.15, 0.2) is 0 Å². The summed E-state index contributed by atoms with van der Waals surface area (Å²) in [6.07, 6.45) is 2.01. The second-order valence-electron chi connectivity index (χ2n) is 6.66. The number of alkyl carbamates (subject to hydrolysis) is 1. The van der Waals surface area contributed by atoms with E-state index in [4.69, 9.17) is 15.3 Å². The normalized spacial score (nSPS) is 32.6. The molecule has 0 spiro atoms. The monoisotopic (exact) mass is 285 g/mol. The number of hydrogen-bond donors (Lipinski definition) is 3. The summed E-state index contributed by atoms with van der Waals surface area (Å²) in [5.74, 6) is 4.91. The highest BCUT2D eigenvalue weighted by molar-refractivity contribution is 5.85. The fourth-order valence-electron chi connectivity index (χ4n) is 2.80. The molecule has 7 nitrogen and oxygen atoms in total. The molecule has 1 aliphatic carbocycles. The molecule has 2 saturated heterocycles. The fourth-order valence-corrected chi connectivity index (χ4v) is 2.80. The summed E-state index contributed by atoms with van der Waals surface area (Å²) in [6, 6.07) is 0. The first-order valence-corrected chi connectivity index (χ1v) is 6.87. The summed E-state index contributed by atoms with van der Waals surface area (Å²) in [5, 5.41) is 2.90. The van der Waals surface area contributed by atoms with Crippen LogP contribution in [0.5, 0.6) is 0 Å². The van der Waals surface area contributed by atoms with Crippen molar-refractivity contribution in [2.24, 2.45) is 5.84 Å². The second kappa shape index (κ2) is 4.89. The predicted molar refractivity (Wildman–Crippen MR) is 71.6 cm³/mol. The Kier molecular flexibility index (Phi) is 3.68. The van der Waals surface area contributed by atoms with Crippen LogP contribution in [0.15, 0.2) is 0 Å². The van der Waals surface area contributed by atoms with Crippen LogP contribution < -0.4 is 16.6 Å². The minimum atomic E-state index is -0.827. The minimum Gasteiger partial charge on any atom is -0.444 e. The summed E-state index contributed by atoms with van der Waals surface area (Å²) >= 11 is 0. The largest absolute Gasteiger partial charge is 0.444 e. The first-order chi connectivity index (χ1) is 9.20. The highest BCUT2D eigenvalue weighted by Crippen LogP contribution is 2.43. The van der Waals surface area contributed by atoms with Gasteiger partial charge in [0.25, 0.3) is 5.91 Å². The number of carbonyl (C=O) groups is 2. The first kappa shape index (κ1) is 15.1. The van der Waals surface area contributed by atoms with Crippen molar-refractivity contribution < 1.29 is 19.1 Å². The van der Waals surface area contributed by atoms with E-state index in [-0.39, 0.29) is 5.91 Å².